The molecule has 0 rings (SSSR count). The third-order valence-electron chi connectivity index (χ3n) is 1.36. The molecule has 1 atom stereocenters. The van der Waals surface area contributed by atoms with E-state index in [1.54, 1.807) is 14.2 Å². The largest absolute Gasteiger partial charge is 0.436 e. The predicted molar refractivity (Wildman–Crippen MR) is 54.8 cm³/mol. The lowest BCUT2D eigenvalue weighted by Crippen LogP contribution is -2.14. The molecule has 0 spiro atoms. The second-order valence-corrected chi connectivity index (χ2v) is 2.97. The predicted octanol–water partition coefficient (Wildman–Crippen LogP) is 1.71. The molecular formula is C10H22O4. The van der Waals surface area contributed by atoms with Crippen LogP contribution in [0.25, 0.3) is 0 Å². The van der Waals surface area contributed by atoms with Gasteiger partial charge < -0.3 is 14.6 Å². The second kappa shape index (κ2) is 12.4. The molecule has 0 amide bonds. The first kappa shape index (κ1) is 15.8. The number of hydrogen-bond donors (Lipinski definition) is 1. The van der Waals surface area contributed by atoms with Gasteiger partial charge in [-0.15, -0.1) is 0 Å². The Bertz CT molecular complexity index is 125. The molecule has 0 saturated heterocycles. The Morgan fingerprint density at radius 3 is 2.21 bits per heavy atom. The molecule has 0 aliphatic carbocycles. The number of ether oxygens (including phenoxy) is 2. The van der Waals surface area contributed by atoms with Crippen LogP contribution in [0, 0.1) is 0 Å². The Hall–Kier alpha value is -0.610. The van der Waals surface area contributed by atoms with E-state index in [0.29, 0.717) is 6.42 Å². The summed E-state index contributed by atoms with van der Waals surface area (Å²) in [6.45, 7) is 3.38. The van der Waals surface area contributed by atoms with Gasteiger partial charge in [-0.2, -0.15) is 0 Å². The van der Waals surface area contributed by atoms with E-state index in [1.165, 1.54) is 6.92 Å². The topological polar surface area (TPSA) is 55.8 Å². The maximum Gasteiger partial charge on any atom is 0.304 e. The third-order valence-corrected chi connectivity index (χ3v) is 1.36. The molecule has 0 saturated carbocycles. The number of methoxy groups -OCH3 is 1. The first-order valence-electron chi connectivity index (χ1n) is 4.83. The molecule has 0 bridgehead atoms. The minimum atomic E-state index is -0.904. The Balaban J connectivity index is 0. The summed E-state index contributed by atoms with van der Waals surface area (Å²) in [7, 11) is 3.25. The summed E-state index contributed by atoms with van der Waals surface area (Å²) >= 11 is 0. The van der Waals surface area contributed by atoms with Crippen molar-refractivity contribution in [2.45, 2.75) is 45.8 Å². The summed E-state index contributed by atoms with van der Waals surface area (Å²) in [5, 5.41) is 9.00. The highest BCUT2D eigenvalue weighted by molar-refractivity contribution is 5.65. The van der Waals surface area contributed by atoms with Crippen LogP contribution in [-0.2, 0) is 14.3 Å². The summed E-state index contributed by atoms with van der Waals surface area (Å²) in [5.41, 5.74) is 0. The van der Waals surface area contributed by atoms with E-state index < -0.39 is 12.3 Å². The van der Waals surface area contributed by atoms with Crippen molar-refractivity contribution in [3.63, 3.8) is 0 Å². The number of hydrogen-bond acceptors (Lipinski definition) is 4. The smallest absolute Gasteiger partial charge is 0.304 e. The monoisotopic (exact) mass is 206 g/mol. The molecule has 1 N–H and O–H groups in total. The Labute approximate surface area is 86.2 Å². The Kier molecular flexibility index (Phi) is 14.0. The molecule has 0 aliphatic heterocycles. The second-order valence-electron chi connectivity index (χ2n) is 2.97. The Morgan fingerprint density at radius 1 is 1.36 bits per heavy atom. The highest BCUT2D eigenvalue weighted by atomic mass is 16.6. The molecule has 0 aliphatic rings. The maximum atomic E-state index is 10.3. The quantitative estimate of drug-likeness (QED) is 0.422. The number of carbonyl (C=O) groups excluding carboxylic acids is 1. The molecular weight excluding hydrogens is 184 g/mol. The number of rotatable bonds is 5. The van der Waals surface area contributed by atoms with Gasteiger partial charge in [0.25, 0.3) is 0 Å². The fourth-order valence-electron chi connectivity index (χ4n) is 0.819. The SMILES string of the molecule is CCCCCC(O)OC(C)=O.COC. The summed E-state index contributed by atoms with van der Waals surface area (Å²) in [4.78, 5) is 10.3. The van der Waals surface area contributed by atoms with Gasteiger partial charge in [-0.25, -0.2) is 0 Å². The fraction of sp³-hybridized carbons (Fsp3) is 0.900. The lowest BCUT2D eigenvalue weighted by molar-refractivity contribution is -0.165. The standard InChI is InChI=1S/C8H16O3.C2H6O/c1-3-4-5-6-8(10)11-7(2)9;1-3-2/h8,10H,3-6H2,1-2H3;1-2H3. The van der Waals surface area contributed by atoms with Crippen LogP contribution < -0.4 is 0 Å². The van der Waals surface area contributed by atoms with Gasteiger partial charge in [-0.05, 0) is 6.42 Å². The Morgan fingerprint density at radius 2 is 1.86 bits per heavy atom. The van der Waals surface area contributed by atoms with Gasteiger partial charge in [0.15, 0.2) is 0 Å². The number of aliphatic hydroxyl groups is 1. The molecule has 0 aromatic heterocycles. The lowest BCUT2D eigenvalue weighted by Gasteiger charge is -2.09. The van der Waals surface area contributed by atoms with Crippen LogP contribution in [0.4, 0.5) is 0 Å². The highest BCUT2D eigenvalue weighted by Gasteiger charge is 2.05. The van der Waals surface area contributed by atoms with Crippen LogP contribution in [0.1, 0.15) is 39.5 Å². The van der Waals surface area contributed by atoms with Crippen molar-refractivity contribution in [1.29, 1.82) is 0 Å². The van der Waals surface area contributed by atoms with Crippen molar-refractivity contribution in [3.05, 3.63) is 0 Å². The van der Waals surface area contributed by atoms with E-state index in [0.717, 1.165) is 19.3 Å². The minimum absolute atomic E-state index is 0.422. The van der Waals surface area contributed by atoms with Crippen LogP contribution >= 0.6 is 0 Å². The van der Waals surface area contributed by atoms with Crippen molar-refractivity contribution >= 4 is 5.97 Å². The maximum absolute atomic E-state index is 10.3. The van der Waals surface area contributed by atoms with Crippen molar-refractivity contribution in [1.82, 2.24) is 0 Å². The number of esters is 1. The van der Waals surface area contributed by atoms with Crippen molar-refractivity contribution < 1.29 is 19.4 Å². The van der Waals surface area contributed by atoms with Crippen LogP contribution in [0.3, 0.4) is 0 Å². The zero-order valence-corrected chi connectivity index (χ0v) is 9.58. The van der Waals surface area contributed by atoms with Crippen LogP contribution in [0.15, 0.2) is 0 Å². The van der Waals surface area contributed by atoms with E-state index in [-0.39, 0.29) is 0 Å². The lowest BCUT2D eigenvalue weighted by atomic mass is 10.2. The van der Waals surface area contributed by atoms with E-state index in [9.17, 15) is 4.79 Å². The minimum Gasteiger partial charge on any atom is -0.436 e. The molecule has 0 fully saturated rings. The average molecular weight is 206 g/mol. The zero-order valence-electron chi connectivity index (χ0n) is 9.58. The molecule has 4 nitrogen and oxygen atoms in total. The summed E-state index contributed by atoms with van der Waals surface area (Å²) in [6.07, 6.45) is 2.72. The highest BCUT2D eigenvalue weighted by Crippen LogP contribution is 2.03. The van der Waals surface area contributed by atoms with E-state index in [2.05, 4.69) is 16.4 Å². The molecule has 0 heterocycles. The summed E-state index contributed by atoms with van der Waals surface area (Å²) < 4.78 is 8.76. The first-order valence-corrected chi connectivity index (χ1v) is 4.83. The summed E-state index contributed by atoms with van der Waals surface area (Å²) in [5.74, 6) is -0.422. The molecule has 1 unspecified atom stereocenters. The average Bonchev–Trinajstić information content (AvgIpc) is 2.04. The number of unbranched alkanes of at least 4 members (excludes halogenated alkanes) is 2. The molecule has 0 aromatic rings. The van der Waals surface area contributed by atoms with Crippen molar-refractivity contribution in [2.75, 3.05) is 14.2 Å². The number of carbonyl (C=O) groups is 1. The van der Waals surface area contributed by atoms with E-state index in [1.807, 2.05) is 0 Å². The van der Waals surface area contributed by atoms with Gasteiger partial charge in [-0.1, -0.05) is 19.8 Å². The van der Waals surface area contributed by atoms with Gasteiger partial charge in [0.05, 0.1) is 0 Å². The van der Waals surface area contributed by atoms with Crippen LogP contribution in [0.5, 0.6) is 0 Å². The summed E-state index contributed by atoms with van der Waals surface area (Å²) in [6, 6.07) is 0. The molecule has 14 heavy (non-hydrogen) atoms. The molecule has 0 radical (unpaired) electrons. The number of aliphatic hydroxyl groups excluding tert-OH is 1. The van der Waals surface area contributed by atoms with Gasteiger partial charge in [-0.3, -0.25) is 4.79 Å². The van der Waals surface area contributed by atoms with E-state index in [4.69, 9.17) is 5.11 Å². The zero-order chi connectivity index (χ0) is 11.4. The van der Waals surface area contributed by atoms with Gasteiger partial charge in [0, 0.05) is 27.6 Å². The van der Waals surface area contributed by atoms with Crippen molar-refractivity contribution in [3.8, 4) is 0 Å². The van der Waals surface area contributed by atoms with Gasteiger partial charge in [0.2, 0.25) is 6.29 Å². The normalized spacial score (nSPS) is 11.2. The molecule has 86 valence electrons. The molecule has 0 aromatic carbocycles. The van der Waals surface area contributed by atoms with Crippen molar-refractivity contribution in [2.24, 2.45) is 0 Å². The fourth-order valence-corrected chi connectivity index (χ4v) is 0.819. The molecule has 4 heteroatoms. The third kappa shape index (κ3) is 17.5. The van der Waals surface area contributed by atoms with Crippen LogP contribution in [0.2, 0.25) is 0 Å². The van der Waals surface area contributed by atoms with Gasteiger partial charge in [0.1, 0.15) is 0 Å². The van der Waals surface area contributed by atoms with Gasteiger partial charge >= 0.3 is 5.97 Å². The van der Waals surface area contributed by atoms with E-state index >= 15 is 0 Å². The first-order chi connectivity index (χ1) is 6.58. The van der Waals surface area contributed by atoms with Crippen LogP contribution in [-0.4, -0.2) is 31.6 Å².